The summed E-state index contributed by atoms with van der Waals surface area (Å²) in [5, 5.41) is 28.5. The van der Waals surface area contributed by atoms with Crippen LogP contribution in [0.5, 0.6) is 0 Å². The van der Waals surface area contributed by atoms with Crippen molar-refractivity contribution in [1.82, 2.24) is 24.4 Å². The second-order valence-electron chi connectivity index (χ2n) is 9.27. The van der Waals surface area contributed by atoms with Crippen molar-refractivity contribution in [3.63, 3.8) is 0 Å². The number of nitrogens with zero attached hydrogens (tertiary/aromatic N) is 6. The maximum Gasteiger partial charge on any atom is 0.155 e. The molecule has 0 saturated heterocycles. The summed E-state index contributed by atoms with van der Waals surface area (Å²) in [6.07, 6.45) is 11.1. The van der Waals surface area contributed by atoms with Crippen LogP contribution in [0, 0.1) is 35.9 Å². The van der Waals surface area contributed by atoms with Crippen LogP contribution in [0.1, 0.15) is 49.9 Å². The molecule has 0 radical (unpaired) electrons. The minimum atomic E-state index is -0.408. The first-order valence-corrected chi connectivity index (χ1v) is 12.7. The molecule has 4 aromatic rings. The van der Waals surface area contributed by atoms with Crippen LogP contribution in [0.4, 0.5) is 4.39 Å². The fourth-order valence-electron chi connectivity index (χ4n) is 5.08. The molecule has 35 heavy (non-hydrogen) atoms. The number of aromatic nitrogens is 5. The van der Waals surface area contributed by atoms with E-state index in [0.29, 0.717) is 33.9 Å². The summed E-state index contributed by atoms with van der Waals surface area (Å²) < 4.78 is 18.2. The van der Waals surface area contributed by atoms with E-state index in [1.807, 2.05) is 18.5 Å². The Labute approximate surface area is 207 Å². The Morgan fingerprint density at radius 1 is 1.26 bits per heavy atom. The van der Waals surface area contributed by atoms with Crippen molar-refractivity contribution < 1.29 is 9.50 Å². The van der Waals surface area contributed by atoms with Crippen LogP contribution in [0.25, 0.3) is 16.6 Å². The van der Waals surface area contributed by atoms with Crippen molar-refractivity contribution in [3.05, 3.63) is 60.1 Å². The highest BCUT2D eigenvalue weighted by Crippen LogP contribution is 2.39. The highest BCUT2D eigenvalue weighted by molar-refractivity contribution is 7.99. The lowest BCUT2D eigenvalue weighted by Gasteiger charge is -2.32. The predicted molar refractivity (Wildman–Crippen MR) is 131 cm³/mol. The van der Waals surface area contributed by atoms with Gasteiger partial charge < -0.3 is 5.11 Å². The fraction of sp³-hybridized carbons (Fsp3) is 0.385. The lowest BCUT2D eigenvalue weighted by molar-refractivity contribution is 0.141. The summed E-state index contributed by atoms with van der Waals surface area (Å²) in [5.74, 6) is 0.494. The van der Waals surface area contributed by atoms with Gasteiger partial charge in [-0.25, -0.2) is 13.9 Å². The maximum absolute atomic E-state index is 14.4. The number of fused-ring (bicyclic) bond motifs is 1. The van der Waals surface area contributed by atoms with Gasteiger partial charge in [-0.15, -0.1) is 0 Å². The van der Waals surface area contributed by atoms with Crippen LogP contribution in [0.3, 0.4) is 0 Å². The largest absolute Gasteiger partial charge is 0.396 e. The standard InChI is InChI=1S/C26H27FN6OS/c1-16(15-34)18-5-7-21(8-6-18)33-17(2)22(13-31-33)19-10-24(35-26-23(27)4-3-9-29-26)25-20(11-28)12-30-32(25)14-19/h3-4,9-10,12-14,16,18,21,34H,5-8,15H2,1-2H3/t16-,18?,21?/m1/s1. The molecule has 1 N–H and O–H groups in total. The second kappa shape index (κ2) is 9.80. The van der Waals surface area contributed by atoms with E-state index in [1.165, 1.54) is 24.0 Å². The van der Waals surface area contributed by atoms with Crippen LogP contribution in [0.2, 0.25) is 0 Å². The molecule has 1 saturated carbocycles. The van der Waals surface area contributed by atoms with Gasteiger partial charge in [-0.05, 0) is 62.6 Å². The van der Waals surface area contributed by atoms with Crippen molar-refractivity contribution >= 4 is 17.3 Å². The molecule has 0 bridgehead atoms. The molecule has 1 fully saturated rings. The molecule has 0 aromatic carbocycles. The summed E-state index contributed by atoms with van der Waals surface area (Å²) in [4.78, 5) is 4.88. The Balaban J connectivity index is 1.50. The highest BCUT2D eigenvalue weighted by atomic mass is 32.2. The molecule has 4 aromatic heterocycles. The number of aliphatic hydroxyl groups excluding tert-OH is 1. The van der Waals surface area contributed by atoms with Crippen molar-refractivity contribution in [2.45, 2.75) is 55.5 Å². The van der Waals surface area contributed by atoms with Gasteiger partial charge in [0.2, 0.25) is 0 Å². The van der Waals surface area contributed by atoms with E-state index >= 15 is 0 Å². The number of nitriles is 1. The van der Waals surface area contributed by atoms with Gasteiger partial charge in [0.05, 0.1) is 29.5 Å². The number of rotatable bonds is 6. The van der Waals surface area contributed by atoms with E-state index in [4.69, 9.17) is 5.10 Å². The average molecular weight is 491 g/mol. The summed E-state index contributed by atoms with van der Waals surface area (Å²) in [5.41, 5.74) is 4.00. The molecule has 0 amide bonds. The topological polar surface area (TPSA) is 92.0 Å². The van der Waals surface area contributed by atoms with Crippen molar-refractivity contribution in [2.75, 3.05) is 6.61 Å². The number of hydrogen-bond donors (Lipinski definition) is 1. The smallest absolute Gasteiger partial charge is 0.155 e. The third-order valence-corrected chi connectivity index (χ3v) is 8.19. The highest BCUT2D eigenvalue weighted by Gasteiger charge is 2.27. The lowest BCUT2D eigenvalue weighted by Crippen LogP contribution is -2.24. The van der Waals surface area contributed by atoms with Crippen molar-refractivity contribution in [1.29, 1.82) is 5.26 Å². The molecule has 4 heterocycles. The molecule has 9 heteroatoms. The molecule has 0 spiro atoms. The molecule has 7 nitrogen and oxygen atoms in total. The van der Waals surface area contributed by atoms with E-state index < -0.39 is 5.82 Å². The Morgan fingerprint density at radius 3 is 2.77 bits per heavy atom. The summed E-state index contributed by atoms with van der Waals surface area (Å²) in [7, 11) is 0. The first kappa shape index (κ1) is 23.5. The van der Waals surface area contributed by atoms with Gasteiger partial charge in [-0.2, -0.15) is 15.5 Å². The second-order valence-corrected chi connectivity index (χ2v) is 10.3. The Morgan fingerprint density at radius 2 is 2.06 bits per heavy atom. The van der Waals surface area contributed by atoms with Gasteiger partial charge in [0.15, 0.2) is 5.82 Å². The first-order chi connectivity index (χ1) is 17.0. The SMILES string of the molecule is Cc1c(-c2cc(Sc3ncccc3F)c3c(C#N)cnn3c2)cnn1C1CCC([C@H](C)CO)CC1. The summed E-state index contributed by atoms with van der Waals surface area (Å²) >= 11 is 1.19. The van der Waals surface area contributed by atoms with Crippen molar-refractivity contribution in [3.8, 4) is 17.2 Å². The minimum absolute atomic E-state index is 0.243. The van der Waals surface area contributed by atoms with E-state index in [-0.39, 0.29) is 11.6 Å². The Kier molecular flexibility index (Phi) is 6.58. The zero-order valence-electron chi connectivity index (χ0n) is 19.7. The van der Waals surface area contributed by atoms with E-state index in [9.17, 15) is 14.8 Å². The van der Waals surface area contributed by atoms with Crippen LogP contribution >= 0.6 is 11.8 Å². The van der Waals surface area contributed by atoms with Gasteiger partial charge in [-0.1, -0.05) is 18.7 Å². The Hall–Kier alpha value is -3.22. The van der Waals surface area contributed by atoms with Gasteiger partial charge in [0.1, 0.15) is 11.1 Å². The third-order valence-electron chi connectivity index (χ3n) is 7.16. The first-order valence-electron chi connectivity index (χ1n) is 11.8. The molecule has 0 aliphatic heterocycles. The number of pyridine rings is 2. The zero-order valence-corrected chi connectivity index (χ0v) is 20.5. The van der Waals surface area contributed by atoms with E-state index in [0.717, 1.165) is 42.5 Å². The molecule has 1 aliphatic rings. The molecular weight excluding hydrogens is 463 g/mol. The number of hydrogen-bond acceptors (Lipinski definition) is 6. The molecule has 1 aliphatic carbocycles. The molecular formula is C26H27FN6OS. The predicted octanol–water partition coefficient (Wildman–Crippen LogP) is 5.42. The Bertz CT molecular complexity index is 1400. The zero-order chi connectivity index (χ0) is 24.5. The van der Waals surface area contributed by atoms with Gasteiger partial charge >= 0.3 is 0 Å². The molecule has 0 unspecified atom stereocenters. The monoisotopic (exact) mass is 490 g/mol. The third kappa shape index (κ3) is 4.44. The maximum atomic E-state index is 14.4. The number of halogens is 1. The van der Waals surface area contributed by atoms with Gasteiger partial charge in [0, 0.05) is 40.7 Å². The van der Waals surface area contributed by atoms with Gasteiger partial charge in [-0.3, -0.25) is 4.68 Å². The van der Waals surface area contributed by atoms with Crippen LogP contribution < -0.4 is 0 Å². The van der Waals surface area contributed by atoms with Crippen molar-refractivity contribution in [2.24, 2.45) is 11.8 Å². The molecule has 180 valence electrons. The van der Waals surface area contributed by atoms with Crippen LogP contribution in [-0.4, -0.2) is 36.1 Å². The summed E-state index contributed by atoms with van der Waals surface area (Å²) in [6.45, 7) is 4.44. The molecule has 5 rings (SSSR count). The van der Waals surface area contributed by atoms with Crippen LogP contribution in [-0.2, 0) is 0 Å². The quantitative estimate of drug-likeness (QED) is 0.388. The lowest BCUT2D eigenvalue weighted by atomic mass is 9.79. The normalized spacial score (nSPS) is 19.1. The van der Waals surface area contributed by atoms with E-state index in [2.05, 4.69) is 34.7 Å². The van der Waals surface area contributed by atoms with Gasteiger partial charge in [0.25, 0.3) is 0 Å². The number of aliphatic hydroxyl groups is 1. The van der Waals surface area contributed by atoms with Crippen LogP contribution in [0.15, 0.2) is 52.9 Å². The average Bonchev–Trinajstić information content (AvgIpc) is 3.48. The summed E-state index contributed by atoms with van der Waals surface area (Å²) in [6, 6.07) is 7.41. The van der Waals surface area contributed by atoms with E-state index in [1.54, 1.807) is 16.8 Å². The molecule has 1 atom stereocenters. The minimum Gasteiger partial charge on any atom is -0.396 e. The fourth-order valence-corrected chi connectivity index (χ4v) is 6.05.